The highest BCUT2D eigenvalue weighted by molar-refractivity contribution is 6.00. The van der Waals surface area contributed by atoms with Gasteiger partial charge in [-0.1, -0.05) is 111 Å². The lowest BCUT2D eigenvalue weighted by atomic mass is 9.82. The standard InChI is InChI=1S/C28H33N3O3.C25H29NO2/c1-29-14-16-30(17-15-29)25(32)19-31-24-18-22(28(33)34)12-13-23(24)26(20-8-4-2-5-9-20)27(31)21-10-6-3-7-11-21;1-25(2,3)28-24(27)19-14-15-20-21(16-19)26-23(18-12-8-5-9-13-18)22(20)17-10-6-4-7-11-17/h3,6-7,10-13,18,20H,2,4-5,8-9,14-17,19H2,1H3,(H,33,34);5,8-9,12-17,26H,4,6-7,10-11H2,1-3H3. The first-order chi connectivity index (χ1) is 29.9. The smallest absolute Gasteiger partial charge is 0.338 e. The third kappa shape index (κ3) is 9.53. The van der Waals surface area contributed by atoms with Gasteiger partial charge in [0.1, 0.15) is 12.1 Å². The Kier molecular flexibility index (Phi) is 13.0. The van der Waals surface area contributed by atoms with Gasteiger partial charge in [-0.2, -0.15) is 0 Å². The Labute approximate surface area is 366 Å². The Morgan fingerprint density at radius 3 is 1.84 bits per heavy atom. The summed E-state index contributed by atoms with van der Waals surface area (Å²) in [6, 6.07) is 32.2. The van der Waals surface area contributed by atoms with E-state index in [1.165, 1.54) is 79.1 Å². The molecule has 2 aliphatic carbocycles. The number of ether oxygens (including phenoxy) is 1. The number of hydrogen-bond donors (Lipinski definition) is 2. The molecule has 3 heterocycles. The lowest BCUT2D eigenvalue weighted by Gasteiger charge is -2.32. The molecule has 6 aromatic rings. The number of benzene rings is 4. The van der Waals surface area contributed by atoms with Crippen LogP contribution in [0, 0.1) is 0 Å². The van der Waals surface area contributed by atoms with E-state index in [1.54, 1.807) is 12.1 Å². The second kappa shape index (κ2) is 18.7. The maximum atomic E-state index is 13.5. The van der Waals surface area contributed by atoms with Crippen molar-refractivity contribution >= 4 is 39.7 Å². The number of carbonyl (C=O) groups is 3. The number of carboxylic acid groups (broad SMARTS) is 1. The highest BCUT2D eigenvalue weighted by Gasteiger charge is 2.30. The molecule has 9 rings (SSSR count). The van der Waals surface area contributed by atoms with Crippen LogP contribution in [0.3, 0.4) is 0 Å². The number of aromatic amines is 1. The molecule has 9 heteroatoms. The molecule has 0 spiro atoms. The Morgan fingerprint density at radius 1 is 0.677 bits per heavy atom. The van der Waals surface area contributed by atoms with Crippen LogP contribution in [-0.2, 0) is 16.1 Å². The van der Waals surface area contributed by atoms with Crippen molar-refractivity contribution in [2.24, 2.45) is 0 Å². The van der Waals surface area contributed by atoms with E-state index in [2.05, 4.69) is 64.0 Å². The first-order valence-electron chi connectivity index (χ1n) is 22.8. The summed E-state index contributed by atoms with van der Waals surface area (Å²) in [4.78, 5) is 45.7. The molecule has 324 valence electrons. The van der Waals surface area contributed by atoms with Crippen molar-refractivity contribution in [2.45, 2.75) is 109 Å². The number of carbonyl (C=O) groups excluding carboxylic acids is 2. The van der Waals surface area contributed by atoms with Gasteiger partial charge in [0.15, 0.2) is 0 Å². The van der Waals surface area contributed by atoms with Crippen molar-refractivity contribution in [3.05, 3.63) is 119 Å². The molecule has 1 aliphatic heterocycles. The minimum atomic E-state index is -0.944. The second-order valence-electron chi connectivity index (χ2n) is 18.6. The number of nitrogens with zero attached hydrogens (tertiary/aromatic N) is 3. The molecule has 2 saturated carbocycles. The molecule has 3 fully saturated rings. The van der Waals surface area contributed by atoms with Gasteiger partial charge in [0.05, 0.1) is 22.3 Å². The third-order valence-electron chi connectivity index (χ3n) is 13.1. The lowest BCUT2D eigenvalue weighted by molar-refractivity contribution is -0.133. The van der Waals surface area contributed by atoms with Crippen LogP contribution in [0.2, 0.25) is 0 Å². The van der Waals surface area contributed by atoms with Crippen LogP contribution >= 0.6 is 0 Å². The van der Waals surface area contributed by atoms with Gasteiger partial charge in [0.2, 0.25) is 5.91 Å². The summed E-state index contributed by atoms with van der Waals surface area (Å²) in [5.41, 5.74) is 9.48. The maximum absolute atomic E-state index is 13.5. The summed E-state index contributed by atoms with van der Waals surface area (Å²) in [6.07, 6.45) is 12.3. The zero-order chi connectivity index (χ0) is 43.4. The van der Waals surface area contributed by atoms with E-state index in [1.807, 2.05) is 68.1 Å². The molecule has 2 aromatic heterocycles. The van der Waals surface area contributed by atoms with Gasteiger partial charge >= 0.3 is 11.9 Å². The number of nitrogens with one attached hydrogen (secondary N) is 1. The van der Waals surface area contributed by atoms with Crippen molar-refractivity contribution in [1.82, 2.24) is 19.4 Å². The Bertz CT molecular complexity index is 2510. The van der Waals surface area contributed by atoms with Gasteiger partial charge < -0.3 is 29.2 Å². The van der Waals surface area contributed by atoms with Crippen molar-refractivity contribution in [3.63, 3.8) is 0 Å². The Balaban J connectivity index is 0.000000174. The number of piperazine rings is 1. The fourth-order valence-corrected chi connectivity index (χ4v) is 10.0. The number of amides is 1. The van der Waals surface area contributed by atoms with Gasteiger partial charge in [-0.15, -0.1) is 0 Å². The van der Waals surface area contributed by atoms with E-state index >= 15 is 0 Å². The van der Waals surface area contributed by atoms with Crippen LogP contribution in [0.4, 0.5) is 0 Å². The monoisotopic (exact) mass is 834 g/mol. The summed E-state index contributed by atoms with van der Waals surface area (Å²) < 4.78 is 7.66. The highest BCUT2D eigenvalue weighted by Crippen LogP contribution is 2.45. The Morgan fingerprint density at radius 2 is 1.24 bits per heavy atom. The number of hydrogen-bond acceptors (Lipinski definition) is 5. The second-order valence-corrected chi connectivity index (χ2v) is 18.6. The zero-order valence-corrected chi connectivity index (χ0v) is 36.9. The normalized spacial score (nSPS) is 16.9. The van der Waals surface area contributed by atoms with Crippen LogP contribution in [0.25, 0.3) is 44.3 Å². The third-order valence-corrected chi connectivity index (χ3v) is 13.1. The highest BCUT2D eigenvalue weighted by atomic mass is 16.6. The lowest BCUT2D eigenvalue weighted by Crippen LogP contribution is -2.48. The Hall–Kier alpha value is -5.67. The first kappa shape index (κ1) is 43.0. The van der Waals surface area contributed by atoms with E-state index in [9.17, 15) is 19.5 Å². The molecule has 0 radical (unpaired) electrons. The van der Waals surface area contributed by atoms with Gasteiger partial charge in [-0.05, 0) is 112 Å². The zero-order valence-electron chi connectivity index (χ0n) is 36.9. The average molecular weight is 835 g/mol. The molecule has 9 nitrogen and oxygen atoms in total. The molecule has 0 bridgehead atoms. The largest absolute Gasteiger partial charge is 0.478 e. The van der Waals surface area contributed by atoms with E-state index in [0.717, 1.165) is 66.7 Å². The quantitative estimate of drug-likeness (QED) is 0.148. The summed E-state index contributed by atoms with van der Waals surface area (Å²) in [5.74, 6) is -0.129. The summed E-state index contributed by atoms with van der Waals surface area (Å²) in [7, 11) is 2.08. The minimum Gasteiger partial charge on any atom is -0.478 e. The number of aromatic nitrogens is 2. The van der Waals surface area contributed by atoms with Gasteiger partial charge in [-0.3, -0.25) is 4.79 Å². The molecular weight excluding hydrogens is 773 g/mol. The van der Waals surface area contributed by atoms with Crippen LogP contribution in [0.1, 0.15) is 129 Å². The number of rotatable bonds is 8. The SMILES string of the molecule is CC(C)(C)OC(=O)c1ccc2c(C3CCCCC3)c(-c3ccccc3)[nH]c2c1.CN1CCN(C(=O)Cn2c(-c3ccccc3)c(C3CCCCC3)c3ccc(C(=O)O)cc32)CC1. The van der Waals surface area contributed by atoms with Crippen LogP contribution in [-0.4, -0.2) is 81.1 Å². The minimum absolute atomic E-state index is 0.0955. The number of fused-ring (bicyclic) bond motifs is 2. The number of esters is 1. The van der Waals surface area contributed by atoms with Gasteiger partial charge in [-0.25, -0.2) is 9.59 Å². The average Bonchev–Trinajstić information content (AvgIpc) is 3.83. The van der Waals surface area contributed by atoms with Crippen molar-refractivity contribution in [1.29, 1.82) is 0 Å². The van der Waals surface area contributed by atoms with Crippen LogP contribution in [0.15, 0.2) is 97.1 Å². The molecule has 4 aromatic carbocycles. The molecule has 62 heavy (non-hydrogen) atoms. The van der Waals surface area contributed by atoms with Crippen LogP contribution in [0.5, 0.6) is 0 Å². The van der Waals surface area contributed by atoms with Crippen LogP contribution < -0.4 is 0 Å². The van der Waals surface area contributed by atoms with Crippen molar-refractivity contribution in [2.75, 3.05) is 33.2 Å². The number of H-pyrrole nitrogens is 1. The molecule has 1 amide bonds. The molecule has 1 saturated heterocycles. The van der Waals surface area contributed by atoms with E-state index in [0.29, 0.717) is 17.4 Å². The molecule has 2 N–H and O–H groups in total. The van der Waals surface area contributed by atoms with Crippen molar-refractivity contribution < 1.29 is 24.2 Å². The fourth-order valence-electron chi connectivity index (χ4n) is 10.0. The molecular formula is C53H62N4O5. The van der Waals surface area contributed by atoms with Crippen molar-refractivity contribution in [3.8, 4) is 22.5 Å². The predicted molar refractivity (Wildman–Crippen MR) is 249 cm³/mol. The van der Waals surface area contributed by atoms with E-state index in [-0.39, 0.29) is 24.0 Å². The number of aromatic carboxylic acids is 1. The summed E-state index contributed by atoms with van der Waals surface area (Å²) >= 11 is 0. The molecule has 3 aliphatic rings. The fraction of sp³-hybridized carbons (Fsp3) is 0.415. The topological polar surface area (TPSA) is 108 Å². The molecule has 0 unspecified atom stereocenters. The molecule has 0 atom stereocenters. The maximum Gasteiger partial charge on any atom is 0.338 e. The first-order valence-corrected chi connectivity index (χ1v) is 22.8. The van der Waals surface area contributed by atoms with Gasteiger partial charge in [0, 0.05) is 48.2 Å². The summed E-state index contributed by atoms with van der Waals surface area (Å²) in [6.45, 7) is 9.11. The predicted octanol–water partition coefficient (Wildman–Crippen LogP) is 11.7. The van der Waals surface area contributed by atoms with E-state index < -0.39 is 11.6 Å². The van der Waals surface area contributed by atoms with Gasteiger partial charge in [0.25, 0.3) is 0 Å². The van der Waals surface area contributed by atoms with E-state index in [4.69, 9.17) is 4.74 Å². The summed E-state index contributed by atoms with van der Waals surface area (Å²) in [5, 5.41) is 12.0. The number of carboxylic acids is 1. The number of likely N-dealkylation sites (N-methyl/N-ethyl adjacent to an activating group) is 1.